The molecule has 0 aromatic carbocycles. The van der Waals surface area contributed by atoms with E-state index >= 15 is 0 Å². The third-order valence-electron chi connectivity index (χ3n) is 4.24. The van der Waals surface area contributed by atoms with Gasteiger partial charge in [0.25, 0.3) is 0 Å². The predicted octanol–water partition coefficient (Wildman–Crippen LogP) is 4.39. The molecule has 1 aliphatic heterocycles. The average molecular weight is 291 g/mol. The van der Waals surface area contributed by atoms with Crippen LogP contribution >= 0.6 is 11.6 Å². The minimum atomic E-state index is -1.66. The van der Waals surface area contributed by atoms with Gasteiger partial charge in [-0.2, -0.15) is 0 Å². The molecule has 0 aromatic heterocycles. The van der Waals surface area contributed by atoms with Gasteiger partial charge in [-0.3, -0.25) is 0 Å². The lowest BCUT2D eigenvalue weighted by Gasteiger charge is -2.29. The van der Waals surface area contributed by atoms with Gasteiger partial charge >= 0.3 is 0 Å². The van der Waals surface area contributed by atoms with Gasteiger partial charge in [-0.1, -0.05) is 26.2 Å². The van der Waals surface area contributed by atoms with Gasteiger partial charge in [-0.05, 0) is 38.9 Å². The van der Waals surface area contributed by atoms with E-state index in [9.17, 15) is 0 Å². The highest BCUT2D eigenvalue weighted by Crippen LogP contribution is 2.66. The number of ether oxygens (including phenoxy) is 1. The fourth-order valence-corrected chi connectivity index (χ4v) is 5.36. The van der Waals surface area contributed by atoms with Gasteiger partial charge in [0.1, 0.15) is 4.87 Å². The van der Waals surface area contributed by atoms with Crippen LogP contribution in [0.3, 0.4) is 0 Å². The third-order valence-corrected chi connectivity index (χ3v) is 5.65. The van der Waals surface area contributed by atoms with Crippen molar-refractivity contribution < 1.29 is 9.16 Å². The van der Waals surface area contributed by atoms with Crippen molar-refractivity contribution in [2.45, 2.75) is 69.8 Å². The molecule has 1 heterocycles. The summed E-state index contributed by atoms with van der Waals surface area (Å²) in [6, 6.07) is 0. The molecular formula is C14H27ClO2Si. The zero-order valence-electron chi connectivity index (χ0n) is 12.4. The lowest BCUT2D eigenvalue weighted by molar-refractivity contribution is -0.131. The smallest absolute Gasteiger partial charge is 0.187 e. The molecule has 1 aliphatic carbocycles. The molecule has 106 valence electrons. The molecule has 1 saturated carbocycles. The summed E-state index contributed by atoms with van der Waals surface area (Å²) in [6.07, 6.45) is 4.92. The highest BCUT2D eigenvalue weighted by Gasteiger charge is 2.78. The Hall–Kier alpha value is 0.427. The number of hydrogen-bond donors (Lipinski definition) is 0. The Bertz CT molecular complexity index is 313. The van der Waals surface area contributed by atoms with Crippen molar-refractivity contribution in [2.75, 3.05) is 6.61 Å². The topological polar surface area (TPSA) is 18.5 Å². The number of fused-ring (bicyclic) bond motifs is 1. The van der Waals surface area contributed by atoms with Crippen molar-refractivity contribution in [2.24, 2.45) is 11.8 Å². The SMILES string of the molecule is CC1CCCCCOC2(O[Si](C)(C)C)C1C2(C)Cl. The maximum atomic E-state index is 6.74. The standard InChI is InChI=1S/C14H27ClO2Si/c1-11-9-7-6-8-10-16-14(17-18(3,4)5)12(11)13(14,2)15/h11-12H,6-10H2,1-5H3. The van der Waals surface area contributed by atoms with Crippen LogP contribution in [0.15, 0.2) is 0 Å². The average Bonchev–Trinajstić information content (AvgIpc) is 2.63. The summed E-state index contributed by atoms with van der Waals surface area (Å²) in [4.78, 5) is -0.343. The van der Waals surface area contributed by atoms with Crippen LogP contribution in [0.25, 0.3) is 0 Å². The summed E-state index contributed by atoms with van der Waals surface area (Å²) < 4.78 is 12.6. The van der Waals surface area contributed by atoms with E-state index in [2.05, 4.69) is 33.5 Å². The van der Waals surface area contributed by atoms with Crippen molar-refractivity contribution >= 4 is 19.9 Å². The summed E-state index contributed by atoms with van der Waals surface area (Å²) in [5.74, 6) is 0.418. The van der Waals surface area contributed by atoms with E-state index in [0.29, 0.717) is 11.8 Å². The van der Waals surface area contributed by atoms with Crippen LogP contribution in [0.5, 0.6) is 0 Å². The molecule has 4 unspecified atom stereocenters. The second-order valence-electron chi connectivity index (χ2n) is 7.11. The maximum Gasteiger partial charge on any atom is 0.187 e. The Labute approximate surface area is 118 Å². The molecule has 0 radical (unpaired) electrons. The summed E-state index contributed by atoms with van der Waals surface area (Å²) in [5.41, 5.74) is 0. The second-order valence-corrected chi connectivity index (χ2v) is 12.3. The number of alkyl halides is 1. The summed E-state index contributed by atoms with van der Waals surface area (Å²) in [5, 5.41) is 0. The molecule has 4 atom stereocenters. The first-order valence-corrected chi connectivity index (χ1v) is 11.0. The van der Waals surface area contributed by atoms with Crippen LogP contribution in [-0.4, -0.2) is 25.6 Å². The first-order valence-electron chi connectivity index (χ1n) is 7.24. The van der Waals surface area contributed by atoms with E-state index in [0.717, 1.165) is 13.0 Å². The van der Waals surface area contributed by atoms with Gasteiger partial charge in [0.05, 0.1) is 6.61 Å². The number of halogens is 1. The Morgan fingerprint density at radius 2 is 1.89 bits per heavy atom. The van der Waals surface area contributed by atoms with Gasteiger partial charge in [-0.15, -0.1) is 11.6 Å². The van der Waals surface area contributed by atoms with Crippen molar-refractivity contribution in [1.29, 1.82) is 0 Å². The van der Waals surface area contributed by atoms with E-state index < -0.39 is 14.1 Å². The molecule has 0 aromatic rings. The Morgan fingerprint density at radius 3 is 2.50 bits per heavy atom. The second kappa shape index (κ2) is 4.76. The molecule has 2 nitrogen and oxygen atoms in total. The lowest BCUT2D eigenvalue weighted by atomic mass is 9.97. The molecular weight excluding hydrogens is 264 g/mol. The Kier molecular flexibility index (Phi) is 3.92. The maximum absolute atomic E-state index is 6.74. The fourth-order valence-electron chi connectivity index (χ4n) is 3.47. The number of rotatable bonds is 2. The van der Waals surface area contributed by atoms with Gasteiger partial charge in [0, 0.05) is 5.92 Å². The van der Waals surface area contributed by atoms with Crippen LogP contribution in [-0.2, 0) is 9.16 Å². The van der Waals surface area contributed by atoms with Gasteiger partial charge < -0.3 is 9.16 Å². The zero-order chi connectivity index (χ0) is 13.6. The van der Waals surface area contributed by atoms with Crippen LogP contribution < -0.4 is 0 Å². The van der Waals surface area contributed by atoms with E-state index in [1.54, 1.807) is 0 Å². The van der Waals surface area contributed by atoms with Crippen molar-refractivity contribution in [3.63, 3.8) is 0 Å². The van der Waals surface area contributed by atoms with Crippen LogP contribution in [0.1, 0.15) is 39.5 Å². The molecule has 0 bridgehead atoms. The van der Waals surface area contributed by atoms with Crippen molar-refractivity contribution in [1.82, 2.24) is 0 Å². The van der Waals surface area contributed by atoms with E-state index in [-0.39, 0.29) is 4.87 Å². The fraction of sp³-hybridized carbons (Fsp3) is 1.00. The molecule has 0 N–H and O–H groups in total. The highest BCUT2D eigenvalue weighted by atomic mass is 35.5. The van der Waals surface area contributed by atoms with Crippen LogP contribution in [0, 0.1) is 11.8 Å². The molecule has 2 aliphatic rings. The minimum Gasteiger partial charge on any atom is -0.389 e. The van der Waals surface area contributed by atoms with E-state index in [1.165, 1.54) is 19.3 Å². The third kappa shape index (κ3) is 2.51. The normalized spacial score (nSPS) is 45.7. The Morgan fingerprint density at radius 1 is 1.22 bits per heavy atom. The molecule has 2 fully saturated rings. The van der Waals surface area contributed by atoms with Crippen LogP contribution in [0.4, 0.5) is 0 Å². The summed E-state index contributed by atoms with van der Waals surface area (Å²) in [7, 11) is -1.66. The van der Waals surface area contributed by atoms with Crippen molar-refractivity contribution in [3.8, 4) is 0 Å². The van der Waals surface area contributed by atoms with E-state index in [1.807, 2.05) is 0 Å². The molecule has 1 saturated heterocycles. The molecule has 2 rings (SSSR count). The predicted molar refractivity (Wildman–Crippen MR) is 78.5 cm³/mol. The van der Waals surface area contributed by atoms with Gasteiger partial charge in [-0.25, -0.2) is 0 Å². The summed E-state index contributed by atoms with van der Waals surface area (Å²) in [6.45, 7) is 11.8. The Balaban J connectivity index is 2.22. The largest absolute Gasteiger partial charge is 0.389 e. The molecule has 0 spiro atoms. The van der Waals surface area contributed by atoms with Gasteiger partial charge in [0.15, 0.2) is 14.1 Å². The first kappa shape index (κ1) is 14.8. The number of hydrogen-bond acceptors (Lipinski definition) is 2. The minimum absolute atomic E-state index is 0.343. The highest BCUT2D eigenvalue weighted by molar-refractivity contribution is 6.70. The molecule has 18 heavy (non-hydrogen) atoms. The summed E-state index contributed by atoms with van der Waals surface area (Å²) >= 11 is 6.74. The van der Waals surface area contributed by atoms with Crippen LogP contribution in [0.2, 0.25) is 19.6 Å². The zero-order valence-corrected chi connectivity index (χ0v) is 14.1. The molecule has 4 heteroatoms. The first-order chi connectivity index (χ1) is 8.21. The van der Waals surface area contributed by atoms with E-state index in [4.69, 9.17) is 20.8 Å². The molecule has 0 amide bonds. The quantitative estimate of drug-likeness (QED) is 0.555. The lowest BCUT2D eigenvalue weighted by Crippen LogP contribution is -2.40. The monoisotopic (exact) mass is 290 g/mol. The van der Waals surface area contributed by atoms with Gasteiger partial charge in [0.2, 0.25) is 0 Å². The van der Waals surface area contributed by atoms with Crippen molar-refractivity contribution in [3.05, 3.63) is 0 Å².